The minimum atomic E-state index is -0.555. The fraction of sp³-hybridized carbons (Fsp3) is 0.0417. The fourth-order valence-electron chi connectivity index (χ4n) is 2.90. The van der Waals surface area contributed by atoms with E-state index >= 15 is 0 Å². The number of hydrogen-bond donors (Lipinski definition) is 0. The summed E-state index contributed by atoms with van der Waals surface area (Å²) in [5.74, 6) is -0.476. The van der Waals surface area contributed by atoms with Gasteiger partial charge in [0.05, 0.1) is 5.56 Å². The number of aliphatic imine (C=N–C) groups is 1. The highest BCUT2D eigenvalue weighted by Gasteiger charge is 2.24. The van der Waals surface area contributed by atoms with Gasteiger partial charge in [-0.2, -0.15) is 0 Å². The molecule has 3 aromatic rings. The van der Waals surface area contributed by atoms with E-state index < -0.39 is 11.9 Å². The first-order valence-corrected chi connectivity index (χ1v) is 9.95. The SMILES string of the molecule is Cc1cccc(C2=N/C(=C\c3ccccc3OC(=O)c3ccc(Br)cc3)C(=O)O2)c1. The second kappa shape index (κ2) is 8.47. The molecule has 0 atom stereocenters. The summed E-state index contributed by atoms with van der Waals surface area (Å²) in [5, 5.41) is 0. The number of esters is 2. The molecule has 0 amide bonds. The summed E-state index contributed by atoms with van der Waals surface area (Å²) in [6, 6.07) is 21.3. The van der Waals surface area contributed by atoms with Crippen molar-refractivity contribution in [3.05, 3.63) is 105 Å². The molecule has 3 aromatic carbocycles. The minimum Gasteiger partial charge on any atom is -0.422 e. The van der Waals surface area contributed by atoms with Gasteiger partial charge in [0.15, 0.2) is 5.70 Å². The topological polar surface area (TPSA) is 65.0 Å². The van der Waals surface area contributed by atoms with Crippen LogP contribution in [0.3, 0.4) is 0 Å². The molecule has 0 radical (unpaired) electrons. The maximum absolute atomic E-state index is 12.5. The van der Waals surface area contributed by atoms with Crippen LogP contribution in [-0.4, -0.2) is 17.8 Å². The molecule has 0 aromatic heterocycles. The number of para-hydroxylation sites is 1. The number of cyclic esters (lactones) is 1. The molecule has 1 heterocycles. The van der Waals surface area contributed by atoms with Crippen LogP contribution in [0.4, 0.5) is 0 Å². The zero-order chi connectivity index (χ0) is 21.1. The molecule has 6 heteroatoms. The fourth-order valence-corrected chi connectivity index (χ4v) is 3.16. The van der Waals surface area contributed by atoms with Crippen molar-refractivity contribution in [2.75, 3.05) is 0 Å². The van der Waals surface area contributed by atoms with Crippen LogP contribution in [0.15, 0.2) is 88.0 Å². The Hall–Kier alpha value is -3.51. The average Bonchev–Trinajstić information content (AvgIpc) is 3.10. The Morgan fingerprint density at radius 3 is 2.57 bits per heavy atom. The van der Waals surface area contributed by atoms with Crippen molar-refractivity contribution in [3.8, 4) is 5.75 Å². The summed E-state index contributed by atoms with van der Waals surface area (Å²) in [7, 11) is 0. The van der Waals surface area contributed by atoms with Crippen molar-refractivity contribution < 1.29 is 19.1 Å². The molecule has 0 unspecified atom stereocenters. The average molecular weight is 462 g/mol. The molecule has 0 saturated heterocycles. The zero-order valence-corrected chi connectivity index (χ0v) is 17.5. The molecule has 148 valence electrons. The first kappa shape index (κ1) is 19.8. The van der Waals surface area contributed by atoms with Crippen molar-refractivity contribution >= 4 is 39.8 Å². The van der Waals surface area contributed by atoms with E-state index in [1.165, 1.54) is 0 Å². The number of hydrogen-bond acceptors (Lipinski definition) is 5. The van der Waals surface area contributed by atoms with Gasteiger partial charge >= 0.3 is 11.9 Å². The monoisotopic (exact) mass is 461 g/mol. The van der Waals surface area contributed by atoms with Gasteiger partial charge < -0.3 is 9.47 Å². The maximum atomic E-state index is 12.5. The van der Waals surface area contributed by atoms with Crippen LogP contribution >= 0.6 is 15.9 Å². The van der Waals surface area contributed by atoms with E-state index in [9.17, 15) is 9.59 Å². The number of carbonyl (C=O) groups excluding carboxylic acids is 2. The molecule has 0 fully saturated rings. The Bertz CT molecular complexity index is 1200. The summed E-state index contributed by atoms with van der Waals surface area (Å²) in [6.45, 7) is 1.95. The standard InChI is InChI=1S/C24H16BrNO4/c1-15-5-4-7-18(13-15)22-26-20(24(28)30-22)14-17-6-2-3-8-21(17)29-23(27)16-9-11-19(25)12-10-16/h2-14H,1H3/b20-14-. The highest BCUT2D eigenvalue weighted by Crippen LogP contribution is 2.26. The van der Waals surface area contributed by atoms with Gasteiger partial charge in [0.1, 0.15) is 5.75 Å². The Labute approximate surface area is 181 Å². The third kappa shape index (κ3) is 4.39. The molecule has 0 bridgehead atoms. The van der Waals surface area contributed by atoms with E-state index in [4.69, 9.17) is 9.47 Å². The Kier molecular flexibility index (Phi) is 5.59. The summed E-state index contributed by atoms with van der Waals surface area (Å²) < 4.78 is 11.7. The number of halogens is 1. The van der Waals surface area contributed by atoms with Crippen LogP contribution in [0.1, 0.15) is 27.0 Å². The third-order valence-electron chi connectivity index (χ3n) is 4.38. The lowest BCUT2D eigenvalue weighted by molar-refractivity contribution is -0.129. The molecule has 1 aliphatic heterocycles. The smallest absolute Gasteiger partial charge is 0.363 e. The van der Waals surface area contributed by atoms with E-state index in [0.717, 1.165) is 15.6 Å². The van der Waals surface area contributed by atoms with Crippen LogP contribution in [0, 0.1) is 6.92 Å². The zero-order valence-electron chi connectivity index (χ0n) is 16.0. The van der Waals surface area contributed by atoms with Crippen LogP contribution < -0.4 is 4.74 Å². The predicted octanol–water partition coefficient (Wildman–Crippen LogP) is 5.32. The van der Waals surface area contributed by atoms with Gasteiger partial charge in [-0.15, -0.1) is 0 Å². The number of rotatable bonds is 4. The molecule has 0 aliphatic carbocycles. The van der Waals surface area contributed by atoms with E-state index in [1.807, 2.05) is 31.2 Å². The second-order valence-electron chi connectivity index (χ2n) is 6.64. The largest absolute Gasteiger partial charge is 0.422 e. The highest BCUT2D eigenvalue weighted by molar-refractivity contribution is 9.10. The number of benzene rings is 3. The molecule has 0 spiro atoms. The molecule has 5 nitrogen and oxygen atoms in total. The lowest BCUT2D eigenvalue weighted by Gasteiger charge is -2.07. The van der Waals surface area contributed by atoms with Gasteiger partial charge in [0.25, 0.3) is 0 Å². The quantitative estimate of drug-likeness (QED) is 0.299. The van der Waals surface area contributed by atoms with Crippen LogP contribution in [0.25, 0.3) is 6.08 Å². The van der Waals surface area contributed by atoms with Crippen molar-refractivity contribution in [1.82, 2.24) is 0 Å². The first-order valence-electron chi connectivity index (χ1n) is 9.16. The van der Waals surface area contributed by atoms with Gasteiger partial charge in [0, 0.05) is 15.6 Å². The van der Waals surface area contributed by atoms with Crippen molar-refractivity contribution in [2.45, 2.75) is 6.92 Å². The number of aryl methyl sites for hydroxylation is 1. The van der Waals surface area contributed by atoms with Gasteiger partial charge in [-0.3, -0.25) is 0 Å². The second-order valence-corrected chi connectivity index (χ2v) is 7.56. The maximum Gasteiger partial charge on any atom is 0.363 e. The predicted molar refractivity (Wildman–Crippen MR) is 117 cm³/mol. The van der Waals surface area contributed by atoms with Crippen molar-refractivity contribution in [2.24, 2.45) is 4.99 Å². The van der Waals surface area contributed by atoms with Crippen LogP contribution in [-0.2, 0) is 9.53 Å². The van der Waals surface area contributed by atoms with Crippen LogP contribution in [0.2, 0.25) is 0 Å². The molecule has 0 saturated carbocycles. The molecule has 4 rings (SSSR count). The number of carbonyl (C=O) groups is 2. The lowest BCUT2D eigenvalue weighted by Crippen LogP contribution is -2.09. The third-order valence-corrected chi connectivity index (χ3v) is 4.91. The van der Waals surface area contributed by atoms with Crippen LogP contribution in [0.5, 0.6) is 5.75 Å². The number of ether oxygens (including phenoxy) is 2. The Balaban J connectivity index is 1.62. The normalized spacial score (nSPS) is 14.4. The van der Waals surface area contributed by atoms with Gasteiger partial charge in [-0.25, -0.2) is 14.6 Å². The van der Waals surface area contributed by atoms with Crippen molar-refractivity contribution in [1.29, 1.82) is 0 Å². The van der Waals surface area contributed by atoms with Crippen molar-refractivity contribution in [3.63, 3.8) is 0 Å². The molecule has 30 heavy (non-hydrogen) atoms. The highest BCUT2D eigenvalue weighted by atomic mass is 79.9. The summed E-state index contributed by atoms with van der Waals surface area (Å²) in [4.78, 5) is 29.1. The summed E-state index contributed by atoms with van der Waals surface area (Å²) in [6.07, 6.45) is 1.55. The molecular weight excluding hydrogens is 446 g/mol. The minimum absolute atomic E-state index is 0.138. The van der Waals surface area contributed by atoms with Gasteiger partial charge in [-0.05, 0) is 55.5 Å². The first-order chi connectivity index (χ1) is 14.5. The lowest BCUT2D eigenvalue weighted by atomic mass is 10.1. The molecule has 1 aliphatic rings. The van der Waals surface area contributed by atoms with E-state index in [2.05, 4.69) is 20.9 Å². The molecular formula is C24H16BrNO4. The van der Waals surface area contributed by atoms with E-state index in [1.54, 1.807) is 54.6 Å². The Morgan fingerprint density at radius 2 is 1.80 bits per heavy atom. The summed E-state index contributed by atoms with van der Waals surface area (Å²) >= 11 is 3.34. The Morgan fingerprint density at radius 1 is 1.03 bits per heavy atom. The summed E-state index contributed by atoms with van der Waals surface area (Å²) in [5.41, 5.74) is 2.86. The van der Waals surface area contributed by atoms with Gasteiger partial charge in [0.2, 0.25) is 5.90 Å². The van der Waals surface area contributed by atoms with E-state index in [-0.39, 0.29) is 11.6 Å². The van der Waals surface area contributed by atoms with E-state index in [0.29, 0.717) is 16.9 Å². The van der Waals surface area contributed by atoms with Gasteiger partial charge in [-0.1, -0.05) is 51.8 Å². The molecule has 0 N–H and O–H groups in total. The number of nitrogens with zero attached hydrogens (tertiary/aromatic N) is 1.